The zero-order valence-electron chi connectivity index (χ0n) is 16.0. The first-order valence-electron chi connectivity index (χ1n) is 9.79. The number of likely N-dealkylation sites (tertiary alicyclic amines) is 1. The van der Waals surface area contributed by atoms with Crippen LogP contribution in [0.2, 0.25) is 0 Å². The summed E-state index contributed by atoms with van der Waals surface area (Å²) in [6.45, 7) is 2.56. The third kappa shape index (κ3) is 4.60. The normalized spacial score (nSPS) is 19.7. The first-order chi connectivity index (χ1) is 14.1. The van der Waals surface area contributed by atoms with Gasteiger partial charge >= 0.3 is 0 Å². The highest BCUT2D eigenvalue weighted by atomic mass is 16.6. The van der Waals surface area contributed by atoms with E-state index >= 15 is 0 Å². The number of aliphatic hydroxyl groups excluding tert-OH is 1. The molecule has 0 unspecified atom stereocenters. The number of hydrogen-bond acceptors (Lipinski definition) is 7. The molecule has 0 aromatic heterocycles. The number of β-amino-alcohol motifs (C(OH)–C–C–N with tert-alkyl or cyclic N) is 1. The van der Waals surface area contributed by atoms with Gasteiger partial charge in [0, 0.05) is 18.7 Å². The number of nitro benzene ring substituents is 1. The van der Waals surface area contributed by atoms with Crippen LogP contribution in [0.1, 0.15) is 24.4 Å². The van der Waals surface area contributed by atoms with Gasteiger partial charge in [-0.15, -0.1) is 0 Å². The van der Waals surface area contributed by atoms with E-state index in [2.05, 4.69) is 11.0 Å². The number of hydrogen-bond donors (Lipinski definition) is 1. The highest BCUT2D eigenvalue weighted by Gasteiger charge is 2.29. The molecule has 2 atom stereocenters. The fourth-order valence-corrected chi connectivity index (χ4v) is 3.89. The third-order valence-electron chi connectivity index (χ3n) is 5.23. The largest absolute Gasteiger partial charge is 0.491 e. The minimum Gasteiger partial charge on any atom is -0.491 e. The minimum absolute atomic E-state index is 0.0322. The molecule has 2 aromatic rings. The first-order valence-corrected chi connectivity index (χ1v) is 9.79. The van der Waals surface area contributed by atoms with Gasteiger partial charge in [-0.3, -0.25) is 15.0 Å². The predicted molar refractivity (Wildman–Crippen MR) is 106 cm³/mol. The van der Waals surface area contributed by atoms with Crippen LogP contribution in [0, 0.1) is 10.1 Å². The first kappa shape index (κ1) is 19.5. The summed E-state index contributed by atoms with van der Waals surface area (Å²) in [7, 11) is 0. The van der Waals surface area contributed by atoms with Gasteiger partial charge in [0.05, 0.1) is 11.0 Å². The van der Waals surface area contributed by atoms with Gasteiger partial charge < -0.3 is 19.3 Å². The van der Waals surface area contributed by atoms with Crippen LogP contribution in [0.3, 0.4) is 0 Å². The van der Waals surface area contributed by atoms with Crippen molar-refractivity contribution < 1.29 is 24.2 Å². The van der Waals surface area contributed by atoms with Crippen LogP contribution >= 0.6 is 0 Å². The lowest BCUT2D eigenvalue weighted by molar-refractivity contribution is -0.384. The van der Waals surface area contributed by atoms with Crippen LogP contribution < -0.4 is 14.2 Å². The molecule has 0 radical (unpaired) electrons. The van der Waals surface area contributed by atoms with Gasteiger partial charge in [-0.05, 0) is 43.1 Å². The Bertz CT molecular complexity index is 874. The van der Waals surface area contributed by atoms with Crippen molar-refractivity contribution in [3.8, 4) is 17.2 Å². The molecule has 0 saturated carbocycles. The monoisotopic (exact) mass is 400 g/mol. The zero-order chi connectivity index (χ0) is 20.2. The van der Waals surface area contributed by atoms with E-state index in [0.717, 1.165) is 36.4 Å². The molecule has 29 heavy (non-hydrogen) atoms. The van der Waals surface area contributed by atoms with Crippen LogP contribution in [0.25, 0.3) is 0 Å². The van der Waals surface area contributed by atoms with Crippen molar-refractivity contribution >= 4 is 5.69 Å². The van der Waals surface area contributed by atoms with E-state index in [0.29, 0.717) is 25.5 Å². The van der Waals surface area contributed by atoms with Crippen molar-refractivity contribution in [3.05, 3.63) is 58.1 Å². The Kier molecular flexibility index (Phi) is 5.82. The molecule has 0 spiro atoms. The van der Waals surface area contributed by atoms with Crippen molar-refractivity contribution in [1.82, 2.24) is 4.90 Å². The molecule has 1 N–H and O–H groups in total. The molecule has 154 valence electrons. The molecule has 0 aliphatic carbocycles. The van der Waals surface area contributed by atoms with Crippen LogP contribution in [0.15, 0.2) is 42.5 Å². The maximum absolute atomic E-state index is 10.9. The molecule has 2 aromatic carbocycles. The molecular weight excluding hydrogens is 376 g/mol. The third-order valence-corrected chi connectivity index (χ3v) is 5.23. The van der Waals surface area contributed by atoms with Gasteiger partial charge in [0.1, 0.15) is 31.7 Å². The van der Waals surface area contributed by atoms with E-state index in [1.165, 1.54) is 12.1 Å². The molecule has 2 aliphatic rings. The van der Waals surface area contributed by atoms with E-state index in [9.17, 15) is 15.2 Å². The van der Waals surface area contributed by atoms with E-state index in [1.807, 2.05) is 12.1 Å². The zero-order valence-corrected chi connectivity index (χ0v) is 16.0. The van der Waals surface area contributed by atoms with Crippen molar-refractivity contribution in [2.24, 2.45) is 0 Å². The van der Waals surface area contributed by atoms with E-state index < -0.39 is 11.0 Å². The van der Waals surface area contributed by atoms with Crippen molar-refractivity contribution in [3.63, 3.8) is 0 Å². The Morgan fingerprint density at radius 3 is 2.86 bits per heavy atom. The maximum Gasteiger partial charge on any atom is 0.273 e. The molecule has 0 amide bonds. The second-order valence-electron chi connectivity index (χ2n) is 7.28. The van der Waals surface area contributed by atoms with E-state index in [1.54, 1.807) is 12.1 Å². The molecule has 8 heteroatoms. The molecule has 1 fully saturated rings. The van der Waals surface area contributed by atoms with E-state index in [4.69, 9.17) is 14.2 Å². The van der Waals surface area contributed by atoms with Gasteiger partial charge in [-0.2, -0.15) is 0 Å². The Hall–Kier alpha value is -2.84. The fourth-order valence-electron chi connectivity index (χ4n) is 3.89. The van der Waals surface area contributed by atoms with Gasteiger partial charge in [-0.25, -0.2) is 0 Å². The number of ether oxygens (including phenoxy) is 3. The Morgan fingerprint density at radius 2 is 2.03 bits per heavy atom. The van der Waals surface area contributed by atoms with Gasteiger partial charge in [0.25, 0.3) is 5.69 Å². The minimum atomic E-state index is -0.702. The van der Waals surface area contributed by atoms with Crippen molar-refractivity contribution in [2.75, 3.05) is 32.9 Å². The number of non-ortho nitro benzene ring substituents is 1. The summed E-state index contributed by atoms with van der Waals surface area (Å²) in [6, 6.07) is 12.2. The number of aliphatic hydroxyl groups is 1. The molecule has 2 aliphatic heterocycles. The summed E-state index contributed by atoms with van der Waals surface area (Å²) in [5.74, 6) is 1.92. The highest BCUT2D eigenvalue weighted by molar-refractivity contribution is 5.45. The number of rotatable bonds is 7. The smallest absolute Gasteiger partial charge is 0.273 e. The van der Waals surface area contributed by atoms with Gasteiger partial charge in [-0.1, -0.05) is 12.1 Å². The van der Waals surface area contributed by atoms with Crippen LogP contribution in [0.4, 0.5) is 5.69 Å². The van der Waals surface area contributed by atoms with Crippen LogP contribution in [0.5, 0.6) is 17.2 Å². The van der Waals surface area contributed by atoms with Gasteiger partial charge in [0.15, 0.2) is 11.5 Å². The van der Waals surface area contributed by atoms with Crippen molar-refractivity contribution in [1.29, 1.82) is 0 Å². The average molecular weight is 400 g/mol. The predicted octanol–water partition coefficient (Wildman–Crippen LogP) is 2.94. The maximum atomic E-state index is 10.9. The summed E-state index contributed by atoms with van der Waals surface area (Å²) in [4.78, 5) is 12.6. The van der Waals surface area contributed by atoms with Crippen molar-refractivity contribution in [2.45, 2.75) is 25.0 Å². The second kappa shape index (κ2) is 8.67. The quantitative estimate of drug-likeness (QED) is 0.564. The topological polar surface area (TPSA) is 94.3 Å². The Morgan fingerprint density at radius 1 is 1.21 bits per heavy atom. The molecule has 2 heterocycles. The highest BCUT2D eigenvalue weighted by Crippen LogP contribution is 2.38. The summed E-state index contributed by atoms with van der Waals surface area (Å²) in [5.41, 5.74) is 1.12. The fraction of sp³-hybridized carbons (Fsp3) is 0.429. The average Bonchev–Trinajstić information content (AvgIpc) is 3.20. The van der Waals surface area contributed by atoms with Crippen LogP contribution in [-0.2, 0) is 0 Å². The lowest BCUT2D eigenvalue weighted by Gasteiger charge is -2.28. The Balaban J connectivity index is 1.36. The summed E-state index contributed by atoms with van der Waals surface area (Å²) >= 11 is 0. The van der Waals surface area contributed by atoms with Crippen LogP contribution in [-0.4, -0.2) is 53.9 Å². The van der Waals surface area contributed by atoms with Gasteiger partial charge in [0.2, 0.25) is 0 Å². The SMILES string of the molecule is O=[N+]([O-])c1cccc(OC[C@H](O)CN2CCC[C@H]2c2ccc3c(c2)OCCO3)c1. The lowest BCUT2D eigenvalue weighted by Crippen LogP contribution is -2.35. The number of nitro groups is 1. The second-order valence-corrected chi connectivity index (χ2v) is 7.28. The molecule has 8 nitrogen and oxygen atoms in total. The number of nitrogens with zero attached hydrogens (tertiary/aromatic N) is 2. The Labute approximate surface area is 168 Å². The summed E-state index contributed by atoms with van der Waals surface area (Å²) in [6.07, 6.45) is 1.36. The lowest BCUT2D eigenvalue weighted by atomic mass is 10.0. The molecule has 1 saturated heterocycles. The molecule has 4 rings (SSSR count). The molecule has 0 bridgehead atoms. The summed E-state index contributed by atoms with van der Waals surface area (Å²) < 4.78 is 16.9. The number of benzene rings is 2. The standard InChI is InChI=1S/C21H24N2O6/c24-17(14-29-18-4-1-3-16(12-18)23(25)26)13-22-8-2-5-19(22)15-6-7-20-21(11-15)28-10-9-27-20/h1,3-4,6-7,11-12,17,19,24H,2,5,8-10,13-14H2/t17-,19+/m1/s1. The number of fused-ring (bicyclic) bond motifs is 1. The van der Waals surface area contributed by atoms with E-state index in [-0.39, 0.29) is 18.3 Å². The summed E-state index contributed by atoms with van der Waals surface area (Å²) in [5, 5.41) is 21.3. The molecular formula is C21H24N2O6.